The molecule has 0 radical (unpaired) electrons. The highest BCUT2D eigenvalue weighted by Crippen LogP contribution is 2.43. The van der Waals surface area contributed by atoms with E-state index in [1.807, 2.05) is 78.9 Å². The van der Waals surface area contributed by atoms with Crippen LogP contribution in [0.3, 0.4) is 0 Å². The SMILES string of the molecule is [2H]c1c([2H])c([2H])c(-c2nc(-c3ccc4ccc5ccccc5c4c3)nc(-c3cc(-n4c5ccccc5c5ccccc54)cc4c3oc3c(-c5cccc(-c6ccccc6)c5)cccc34)n2)c([2H])c1[2H]. The van der Waals surface area contributed by atoms with Gasteiger partial charge >= 0.3 is 0 Å². The van der Waals surface area contributed by atoms with Crippen LogP contribution in [0.25, 0.3) is 127 Å². The van der Waals surface area contributed by atoms with Crippen molar-refractivity contribution in [2.75, 3.05) is 0 Å². The average Bonchev–Trinajstić information content (AvgIpc) is 3.95. The zero-order valence-corrected chi connectivity index (χ0v) is 34.1. The summed E-state index contributed by atoms with van der Waals surface area (Å²) >= 11 is 0. The number of rotatable bonds is 6. The number of fused-ring (bicyclic) bond motifs is 9. The van der Waals surface area contributed by atoms with Crippen molar-refractivity contribution >= 4 is 65.3 Å². The fourth-order valence-electron chi connectivity index (χ4n) is 9.35. The van der Waals surface area contributed by atoms with Crippen molar-refractivity contribution < 1.29 is 11.3 Å². The van der Waals surface area contributed by atoms with Crippen LogP contribution in [-0.4, -0.2) is 19.5 Å². The van der Waals surface area contributed by atoms with Crippen molar-refractivity contribution in [1.29, 1.82) is 0 Å². The van der Waals surface area contributed by atoms with E-state index in [0.717, 1.165) is 82.1 Å². The van der Waals surface area contributed by atoms with Gasteiger partial charge in [0.2, 0.25) is 0 Å². The zero-order chi connectivity index (χ0) is 46.5. The number of para-hydroxylation sites is 3. The summed E-state index contributed by atoms with van der Waals surface area (Å²) in [4.78, 5) is 15.3. The number of furan rings is 1. The largest absolute Gasteiger partial charge is 0.455 e. The first-order chi connectivity index (χ1) is 33.8. The third-order valence-electron chi connectivity index (χ3n) is 12.3. The lowest BCUT2D eigenvalue weighted by Crippen LogP contribution is -2.01. The van der Waals surface area contributed by atoms with Crippen molar-refractivity contribution in [3.8, 4) is 62.1 Å². The Hall–Kier alpha value is -8.67. The number of nitrogens with zero attached hydrogens (tertiary/aromatic N) is 4. The van der Waals surface area contributed by atoms with E-state index in [1.165, 1.54) is 0 Å². The molecule has 0 aliphatic carbocycles. The topological polar surface area (TPSA) is 56.7 Å². The highest BCUT2D eigenvalue weighted by molar-refractivity contribution is 6.15. The van der Waals surface area contributed by atoms with Crippen molar-refractivity contribution in [3.63, 3.8) is 0 Å². The second-order valence-corrected chi connectivity index (χ2v) is 16.0. The highest BCUT2D eigenvalue weighted by Gasteiger charge is 2.23. The number of aromatic nitrogens is 4. The van der Waals surface area contributed by atoms with Gasteiger partial charge in [-0.25, -0.2) is 15.0 Å². The monoisotopic (exact) mass is 821 g/mol. The van der Waals surface area contributed by atoms with Gasteiger partial charge in [0.15, 0.2) is 17.5 Å². The van der Waals surface area contributed by atoms with Gasteiger partial charge in [0, 0.05) is 43.9 Å². The lowest BCUT2D eigenvalue weighted by Gasteiger charge is -2.13. The minimum absolute atomic E-state index is 0.0602. The summed E-state index contributed by atoms with van der Waals surface area (Å²) < 4.78 is 53.3. The molecule has 0 unspecified atom stereocenters. The minimum atomic E-state index is -0.502. The van der Waals surface area contributed by atoms with Crippen LogP contribution in [0.4, 0.5) is 0 Å². The summed E-state index contributed by atoms with van der Waals surface area (Å²) in [5, 5.41) is 8.08. The van der Waals surface area contributed by atoms with Gasteiger partial charge in [0.05, 0.1) is 23.5 Å². The van der Waals surface area contributed by atoms with Crippen molar-refractivity contribution in [3.05, 3.63) is 218 Å². The average molecular weight is 822 g/mol. The van der Waals surface area contributed by atoms with Crippen LogP contribution in [0, 0.1) is 0 Å². The molecule has 5 heteroatoms. The third-order valence-corrected chi connectivity index (χ3v) is 12.3. The molecular weight excluding hydrogens is 781 g/mol. The second-order valence-electron chi connectivity index (χ2n) is 16.0. The third kappa shape index (κ3) is 5.83. The summed E-state index contributed by atoms with van der Waals surface area (Å²) in [5.74, 6) is 0.413. The lowest BCUT2D eigenvalue weighted by atomic mass is 9.97. The van der Waals surface area contributed by atoms with E-state index in [-0.39, 0.29) is 23.0 Å². The molecule has 13 rings (SSSR count). The molecule has 0 N–H and O–H groups in total. The Balaban J connectivity index is 1.13. The minimum Gasteiger partial charge on any atom is -0.455 e. The molecule has 5 nitrogen and oxygen atoms in total. The van der Waals surface area contributed by atoms with Gasteiger partial charge in [-0.1, -0.05) is 182 Å². The molecule has 64 heavy (non-hydrogen) atoms. The fraction of sp³-hybridized carbons (Fsp3) is 0. The maximum Gasteiger partial charge on any atom is 0.167 e. The highest BCUT2D eigenvalue weighted by atomic mass is 16.3. The molecule has 13 aromatic rings. The molecule has 0 fully saturated rings. The Morgan fingerprint density at radius 3 is 1.75 bits per heavy atom. The smallest absolute Gasteiger partial charge is 0.167 e. The summed E-state index contributed by atoms with van der Waals surface area (Å²) in [7, 11) is 0. The molecule has 0 saturated heterocycles. The van der Waals surface area contributed by atoms with Crippen LogP contribution in [0.5, 0.6) is 0 Å². The molecule has 3 heterocycles. The Morgan fingerprint density at radius 2 is 0.953 bits per heavy atom. The molecule has 0 atom stereocenters. The van der Waals surface area contributed by atoms with E-state index < -0.39 is 30.2 Å². The second kappa shape index (κ2) is 14.5. The first-order valence-electron chi connectivity index (χ1n) is 23.7. The maximum absolute atomic E-state index is 9.09. The molecule has 298 valence electrons. The first-order valence-corrected chi connectivity index (χ1v) is 21.2. The predicted octanol–water partition coefficient (Wildman–Crippen LogP) is 15.5. The number of hydrogen-bond acceptors (Lipinski definition) is 4. The molecule has 0 bridgehead atoms. The van der Waals surface area contributed by atoms with Gasteiger partial charge in [0.25, 0.3) is 0 Å². The van der Waals surface area contributed by atoms with Gasteiger partial charge in [-0.15, -0.1) is 0 Å². The van der Waals surface area contributed by atoms with E-state index >= 15 is 0 Å². The van der Waals surface area contributed by atoms with Crippen molar-refractivity contribution in [2.24, 2.45) is 0 Å². The summed E-state index contributed by atoms with van der Waals surface area (Å²) in [5.41, 5.74) is 9.20. The normalized spacial score (nSPS) is 12.8. The van der Waals surface area contributed by atoms with Gasteiger partial charge in [0.1, 0.15) is 11.2 Å². The maximum atomic E-state index is 9.09. The van der Waals surface area contributed by atoms with E-state index in [4.69, 9.17) is 26.2 Å². The standard InChI is InChI=1S/C59H36N4O/c1-3-15-37(16-4-1)41-20-13-21-42(33-41)46-25-14-26-49-51-35-44(63-53-27-11-9-23-47(53)48-24-10-12-28-54(48)63)36-52(56(51)64-55(46)49)59-61-57(40-18-5-2-6-19-40)60-58(62-59)43-32-31-39-30-29-38-17-7-8-22-45(38)50(39)34-43/h1-36H/i2D,5D,6D,18D,19D. The Kier molecular flexibility index (Phi) is 7.06. The van der Waals surface area contributed by atoms with Crippen molar-refractivity contribution in [1.82, 2.24) is 19.5 Å². The molecule has 10 aromatic carbocycles. The quantitative estimate of drug-likeness (QED) is 0.157. The molecule has 0 aliphatic rings. The van der Waals surface area contributed by atoms with Crippen LogP contribution in [0.1, 0.15) is 6.85 Å². The van der Waals surface area contributed by atoms with Gasteiger partial charge in [-0.2, -0.15) is 0 Å². The van der Waals surface area contributed by atoms with Gasteiger partial charge in [-0.05, 0) is 74.6 Å². The summed E-state index contributed by atoms with van der Waals surface area (Å²) in [6.45, 7) is 0. The van der Waals surface area contributed by atoms with E-state index in [0.29, 0.717) is 22.3 Å². The van der Waals surface area contributed by atoms with Crippen LogP contribution in [0.15, 0.2) is 223 Å². The summed E-state index contributed by atoms with van der Waals surface area (Å²) in [6.07, 6.45) is 0. The van der Waals surface area contributed by atoms with Gasteiger partial charge < -0.3 is 8.98 Å². The fourth-order valence-corrected chi connectivity index (χ4v) is 9.35. The molecule has 3 aromatic heterocycles. The first kappa shape index (κ1) is 31.2. The zero-order valence-electron chi connectivity index (χ0n) is 39.1. The molecule has 0 aliphatic heterocycles. The molecule has 0 saturated carbocycles. The summed E-state index contributed by atoms with van der Waals surface area (Å²) in [6, 6.07) is 61.9. The van der Waals surface area contributed by atoms with Crippen LogP contribution in [0.2, 0.25) is 0 Å². The Labute approximate surface area is 375 Å². The van der Waals surface area contributed by atoms with E-state index in [2.05, 4.69) is 114 Å². The van der Waals surface area contributed by atoms with Crippen LogP contribution >= 0.6 is 0 Å². The van der Waals surface area contributed by atoms with Crippen LogP contribution < -0.4 is 0 Å². The molecule has 0 amide bonds. The predicted molar refractivity (Wildman–Crippen MR) is 264 cm³/mol. The van der Waals surface area contributed by atoms with Crippen molar-refractivity contribution in [2.45, 2.75) is 0 Å². The molecular formula is C59H36N4O. The lowest BCUT2D eigenvalue weighted by molar-refractivity contribution is 0.670. The number of benzene rings is 10. The van der Waals surface area contributed by atoms with E-state index in [1.54, 1.807) is 0 Å². The van der Waals surface area contributed by atoms with E-state index in [9.17, 15) is 0 Å². The number of hydrogen-bond donors (Lipinski definition) is 0. The Morgan fingerprint density at radius 1 is 0.359 bits per heavy atom. The Bertz CT molecular complexity index is 4200. The molecule has 0 spiro atoms. The van der Waals surface area contributed by atoms with Gasteiger partial charge in [-0.3, -0.25) is 0 Å². The van der Waals surface area contributed by atoms with Crippen LogP contribution in [-0.2, 0) is 0 Å².